The molecule has 29 heavy (non-hydrogen) atoms. The van der Waals surface area contributed by atoms with Gasteiger partial charge in [0, 0.05) is 22.9 Å². The van der Waals surface area contributed by atoms with E-state index in [1.165, 1.54) is 11.8 Å². The molecule has 2 aromatic carbocycles. The van der Waals surface area contributed by atoms with E-state index in [0.717, 1.165) is 16.4 Å². The molecule has 0 spiro atoms. The number of hydrogen-bond acceptors (Lipinski definition) is 6. The molecule has 0 unspecified atom stereocenters. The summed E-state index contributed by atoms with van der Waals surface area (Å²) in [6.07, 6.45) is 1.68. The summed E-state index contributed by atoms with van der Waals surface area (Å²) in [4.78, 5) is 12.8. The van der Waals surface area contributed by atoms with Gasteiger partial charge in [-0.2, -0.15) is 0 Å². The minimum Gasteiger partial charge on any atom is -0.495 e. The van der Waals surface area contributed by atoms with Gasteiger partial charge in [-0.3, -0.25) is 4.79 Å². The number of hydrogen-bond donors (Lipinski definition) is 1. The third kappa shape index (κ3) is 3.67. The van der Waals surface area contributed by atoms with Crippen LogP contribution in [0.4, 0.5) is 5.69 Å². The van der Waals surface area contributed by atoms with Gasteiger partial charge in [0.15, 0.2) is 5.16 Å². The lowest BCUT2D eigenvalue weighted by molar-refractivity contribution is -0.115. The van der Waals surface area contributed by atoms with E-state index in [9.17, 15) is 4.79 Å². The van der Waals surface area contributed by atoms with Crippen LogP contribution in [0.2, 0.25) is 0 Å². The van der Waals surface area contributed by atoms with Gasteiger partial charge in [-0.25, -0.2) is 0 Å². The Kier molecular flexibility index (Phi) is 5.19. The van der Waals surface area contributed by atoms with Crippen LogP contribution in [0.25, 0.3) is 21.9 Å². The Labute approximate surface area is 172 Å². The van der Waals surface area contributed by atoms with Crippen LogP contribution >= 0.6 is 11.8 Å². The van der Waals surface area contributed by atoms with Crippen LogP contribution in [-0.4, -0.2) is 33.0 Å². The summed E-state index contributed by atoms with van der Waals surface area (Å²) in [5.74, 6) is 0.432. The zero-order valence-corrected chi connectivity index (χ0v) is 17.5. The molecular weight excluding hydrogens is 388 g/mol. The number of rotatable bonds is 6. The van der Waals surface area contributed by atoms with E-state index in [1.807, 2.05) is 55.7 Å². The highest BCUT2D eigenvalue weighted by atomic mass is 32.2. The second-order valence-electron chi connectivity index (χ2n) is 7.01. The lowest BCUT2D eigenvalue weighted by atomic mass is 10.1. The smallest absolute Gasteiger partial charge is 0.237 e. The summed E-state index contributed by atoms with van der Waals surface area (Å²) < 4.78 is 13.4. The van der Waals surface area contributed by atoms with Gasteiger partial charge < -0.3 is 19.0 Å². The number of amides is 1. The summed E-state index contributed by atoms with van der Waals surface area (Å²) in [6, 6.07) is 11.7. The zero-order chi connectivity index (χ0) is 20.5. The van der Waals surface area contributed by atoms with Crippen molar-refractivity contribution in [2.24, 2.45) is 0 Å². The van der Waals surface area contributed by atoms with Crippen LogP contribution in [0.15, 0.2) is 52.3 Å². The largest absolute Gasteiger partial charge is 0.495 e. The normalized spacial score (nSPS) is 12.6. The highest BCUT2D eigenvalue weighted by Crippen LogP contribution is 2.36. The molecule has 4 aromatic rings. The van der Waals surface area contributed by atoms with Crippen molar-refractivity contribution in [3.8, 4) is 5.75 Å². The molecule has 150 valence electrons. The van der Waals surface area contributed by atoms with Crippen LogP contribution in [0.3, 0.4) is 0 Å². The van der Waals surface area contributed by atoms with Crippen molar-refractivity contribution in [1.82, 2.24) is 14.8 Å². The molecule has 1 amide bonds. The topological polar surface area (TPSA) is 82.2 Å². The molecule has 7 nitrogen and oxygen atoms in total. The molecule has 0 aliphatic rings. The van der Waals surface area contributed by atoms with Crippen molar-refractivity contribution in [1.29, 1.82) is 0 Å². The highest BCUT2D eigenvalue weighted by molar-refractivity contribution is 8.00. The third-order valence-electron chi connectivity index (χ3n) is 4.70. The Morgan fingerprint density at radius 2 is 1.97 bits per heavy atom. The molecule has 0 saturated carbocycles. The molecule has 0 bridgehead atoms. The first kappa shape index (κ1) is 19.3. The Morgan fingerprint density at radius 3 is 2.72 bits per heavy atom. The maximum Gasteiger partial charge on any atom is 0.237 e. The number of carbonyl (C=O) groups is 1. The lowest BCUT2D eigenvalue weighted by Gasteiger charge is -2.15. The second kappa shape index (κ2) is 7.79. The molecule has 0 fully saturated rings. The maximum absolute atomic E-state index is 12.8. The van der Waals surface area contributed by atoms with Gasteiger partial charge >= 0.3 is 0 Å². The fourth-order valence-electron chi connectivity index (χ4n) is 3.13. The number of anilines is 1. The number of benzene rings is 2. The Hall–Kier alpha value is -3.00. The van der Waals surface area contributed by atoms with E-state index in [0.29, 0.717) is 22.2 Å². The Balaban J connectivity index is 1.60. The lowest BCUT2D eigenvalue weighted by Crippen LogP contribution is -2.23. The average Bonchev–Trinajstić information content (AvgIpc) is 3.31. The molecule has 8 heteroatoms. The monoisotopic (exact) mass is 410 g/mol. The number of furan rings is 1. The van der Waals surface area contributed by atoms with Crippen molar-refractivity contribution in [3.63, 3.8) is 0 Å². The van der Waals surface area contributed by atoms with E-state index in [-0.39, 0.29) is 17.2 Å². The number of methoxy groups -OCH3 is 1. The van der Waals surface area contributed by atoms with E-state index in [2.05, 4.69) is 15.5 Å². The molecule has 0 aliphatic heterocycles. The fourth-order valence-corrected chi connectivity index (χ4v) is 4.09. The Bertz CT molecular complexity index is 1180. The predicted molar refractivity (Wildman–Crippen MR) is 115 cm³/mol. The van der Waals surface area contributed by atoms with Gasteiger partial charge in [0.2, 0.25) is 5.91 Å². The van der Waals surface area contributed by atoms with Crippen molar-refractivity contribution < 1.29 is 13.9 Å². The first-order chi connectivity index (χ1) is 14.0. The number of para-hydroxylation sites is 1. The minimum absolute atomic E-state index is 0.151. The summed E-state index contributed by atoms with van der Waals surface area (Å²) >= 11 is 1.37. The van der Waals surface area contributed by atoms with Gasteiger partial charge in [0.1, 0.15) is 23.2 Å². The van der Waals surface area contributed by atoms with Crippen molar-refractivity contribution >= 4 is 45.3 Å². The summed E-state index contributed by atoms with van der Waals surface area (Å²) in [7, 11) is 1.59. The summed E-state index contributed by atoms with van der Waals surface area (Å²) in [6.45, 7) is 5.93. The van der Waals surface area contributed by atoms with E-state index in [1.54, 1.807) is 19.5 Å². The third-order valence-corrected chi connectivity index (χ3v) is 5.78. The summed E-state index contributed by atoms with van der Waals surface area (Å²) in [5.41, 5.74) is 2.06. The van der Waals surface area contributed by atoms with Gasteiger partial charge in [-0.05, 0) is 32.9 Å². The average molecular weight is 410 g/mol. The van der Waals surface area contributed by atoms with Crippen LogP contribution in [0, 0.1) is 0 Å². The van der Waals surface area contributed by atoms with Crippen molar-refractivity contribution in [2.75, 3.05) is 12.4 Å². The van der Waals surface area contributed by atoms with Crippen molar-refractivity contribution in [3.05, 3.63) is 42.7 Å². The van der Waals surface area contributed by atoms with E-state index in [4.69, 9.17) is 9.15 Å². The van der Waals surface area contributed by atoms with Crippen LogP contribution in [0.1, 0.15) is 26.8 Å². The molecule has 1 atom stereocenters. The van der Waals surface area contributed by atoms with Crippen LogP contribution < -0.4 is 10.1 Å². The molecule has 4 rings (SSSR count). The first-order valence-electron chi connectivity index (χ1n) is 9.34. The van der Waals surface area contributed by atoms with Gasteiger partial charge in [0.05, 0.1) is 18.0 Å². The molecular formula is C21H22N4O3S. The minimum atomic E-state index is -0.368. The number of aromatic nitrogens is 3. The highest BCUT2D eigenvalue weighted by Gasteiger charge is 2.21. The number of carbonyl (C=O) groups excluding carboxylic acids is 1. The molecule has 0 saturated heterocycles. The second-order valence-corrected chi connectivity index (χ2v) is 8.32. The zero-order valence-electron chi connectivity index (χ0n) is 16.7. The van der Waals surface area contributed by atoms with Crippen molar-refractivity contribution in [2.45, 2.75) is 37.2 Å². The van der Waals surface area contributed by atoms with Gasteiger partial charge in [-0.1, -0.05) is 30.0 Å². The SMILES string of the molecule is COc1cc2c(cc1NC(=O)[C@@H](C)Sc1nncn1C(C)C)oc1ccccc12. The van der Waals surface area contributed by atoms with E-state index < -0.39 is 0 Å². The molecule has 2 heterocycles. The van der Waals surface area contributed by atoms with Gasteiger partial charge in [0.25, 0.3) is 0 Å². The first-order valence-corrected chi connectivity index (χ1v) is 10.2. The number of nitrogens with one attached hydrogen (secondary N) is 1. The predicted octanol–water partition coefficient (Wildman–Crippen LogP) is 4.89. The van der Waals surface area contributed by atoms with Crippen LogP contribution in [0.5, 0.6) is 5.75 Å². The quantitative estimate of drug-likeness (QED) is 0.456. The molecule has 0 radical (unpaired) electrons. The summed E-state index contributed by atoms with van der Waals surface area (Å²) in [5, 5.41) is 13.3. The molecule has 0 aliphatic carbocycles. The number of fused-ring (bicyclic) bond motifs is 3. The van der Waals surface area contributed by atoms with Crippen LogP contribution in [-0.2, 0) is 4.79 Å². The standard InChI is InChI=1S/C21H22N4O3S/c1-12(2)25-11-22-24-21(25)29-13(3)20(26)23-16-10-18-15(9-19(16)27-4)14-7-5-6-8-17(14)28-18/h5-13H,1-4H3,(H,23,26)/t13-/m1/s1. The molecule has 2 aromatic heterocycles. The number of ether oxygens (including phenoxy) is 1. The maximum atomic E-state index is 12.8. The fraction of sp³-hybridized carbons (Fsp3) is 0.286. The number of thioether (sulfide) groups is 1. The Morgan fingerprint density at radius 1 is 1.17 bits per heavy atom. The van der Waals surface area contributed by atoms with Gasteiger partial charge in [-0.15, -0.1) is 10.2 Å². The van der Waals surface area contributed by atoms with E-state index >= 15 is 0 Å². The molecule has 1 N–H and O–H groups in total. The number of nitrogens with zero attached hydrogens (tertiary/aromatic N) is 3.